The predicted octanol–water partition coefficient (Wildman–Crippen LogP) is 4.22. The van der Waals surface area contributed by atoms with Gasteiger partial charge in [0.15, 0.2) is 5.78 Å². The number of methoxy groups -OCH3 is 1. The highest BCUT2D eigenvalue weighted by molar-refractivity contribution is 6.26. The van der Waals surface area contributed by atoms with Gasteiger partial charge in [0, 0.05) is 28.8 Å². The maximum absolute atomic E-state index is 13.2. The maximum atomic E-state index is 13.2. The van der Waals surface area contributed by atoms with Gasteiger partial charge in [-0.2, -0.15) is 0 Å². The van der Waals surface area contributed by atoms with Crippen molar-refractivity contribution in [2.45, 2.75) is 38.6 Å². The number of carbonyl (C=O) groups is 1. The summed E-state index contributed by atoms with van der Waals surface area (Å²) < 4.78 is 17.5. The molecule has 0 bridgehead atoms. The minimum absolute atomic E-state index is 0. The molecule has 1 aliphatic carbocycles. The lowest BCUT2D eigenvalue weighted by Gasteiger charge is -2.17. The van der Waals surface area contributed by atoms with Gasteiger partial charge in [0.1, 0.15) is 17.2 Å². The molecule has 162 valence electrons. The van der Waals surface area contributed by atoms with E-state index < -0.39 is 0 Å². The molecule has 0 spiro atoms. The Balaban J connectivity index is 0.00000256. The molecule has 1 saturated heterocycles. The number of nitrogens with one attached hydrogen (secondary N) is 1. The molecule has 0 saturated carbocycles. The first-order valence-corrected chi connectivity index (χ1v) is 10.3. The van der Waals surface area contributed by atoms with E-state index in [0.29, 0.717) is 58.9 Å². The predicted molar refractivity (Wildman–Crippen MR) is 120 cm³/mol. The van der Waals surface area contributed by atoms with E-state index in [9.17, 15) is 4.79 Å². The van der Waals surface area contributed by atoms with Crippen molar-refractivity contribution in [2.75, 3.05) is 32.6 Å². The number of carbonyl (C=O) groups excluding carboxylic acids is 1. The Morgan fingerprint density at radius 2 is 1.90 bits per heavy atom. The van der Waals surface area contributed by atoms with E-state index in [0.717, 1.165) is 24.9 Å². The first kappa shape index (κ1) is 22.2. The number of ether oxygens (including phenoxy) is 3. The summed E-state index contributed by atoms with van der Waals surface area (Å²) in [6.07, 6.45) is 4.18. The van der Waals surface area contributed by atoms with Crippen molar-refractivity contribution in [2.24, 2.45) is 0 Å². The number of ketones is 1. The van der Waals surface area contributed by atoms with Gasteiger partial charge < -0.3 is 25.3 Å². The lowest BCUT2D eigenvalue weighted by atomic mass is 10.0. The molecule has 1 heterocycles. The summed E-state index contributed by atoms with van der Waals surface area (Å²) >= 11 is 0. The minimum atomic E-state index is -0.115. The summed E-state index contributed by atoms with van der Waals surface area (Å²) in [5.74, 6) is 1.63. The Bertz CT molecular complexity index is 926. The maximum Gasteiger partial charge on any atom is 0.196 e. The highest BCUT2D eigenvalue weighted by Gasteiger charge is 2.36. The van der Waals surface area contributed by atoms with Crippen LogP contribution < -0.4 is 25.3 Å². The Hall–Kier alpha value is -2.44. The molecule has 1 aliphatic heterocycles. The van der Waals surface area contributed by atoms with Gasteiger partial charge in [-0.3, -0.25) is 4.79 Å². The number of rotatable bonds is 8. The number of halogens is 1. The van der Waals surface area contributed by atoms with Gasteiger partial charge in [0.05, 0.1) is 31.6 Å². The third-order valence-electron chi connectivity index (χ3n) is 5.61. The van der Waals surface area contributed by atoms with Crippen LogP contribution in [-0.2, 0) is 0 Å². The van der Waals surface area contributed by atoms with E-state index >= 15 is 0 Å². The van der Waals surface area contributed by atoms with Gasteiger partial charge in [-0.05, 0) is 38.3 Å². The van der Waals surface area contributed by atoms with E-state index in [-0.39, 0.29) is 18.2 Å². The zero-order valence-corrected chi connectivity index (χ0v) is 18.3. The average Bonchev–Trinajstić information content (AvgIpc) is 3.35. The first-order valence-electron chi connectivity index (χ1n) is 10.3. The zero-order chi connectivity index (χ0) is 20.4. The van der Waals surface area contributed by atoms with Gasteiger partial charge in [-0.15, -0.1) is 12.4 Å². The van der Waals surface area contributed by atoms with Crippen LogP contribution in [-0.4, -0.2) is 38.7 Å². The molecular formula is C23H29ClN2O4. The number of nitrogens with two attached hydrogens (primary N) is 1. The minimum Gasteiger partial charge on any atom is -0.496 e. The van der Waals surface area contributed by atoms with Crippen molar-refractivity contribution >= 4 is 23.9 Å². The quantitative estimate of drug-likeness (QED) is 0.518. The van der Waals surface area contributed by atoms with Crippen molar-refractivity contribution in [1.82, 2.24) is 5.32 Å². The third kappa shape index (κ3) is 3.94. The van der Waals surface area contributed by atoms with Crippen LogP contribution in [0, 0.1) is 0 Å². The second kappa shape index (κ2) is 9.58. The van der Waals surface area contributed by atoms with Crippen LogP contribution in [0.5, 0.6) is 17.2 Å². The van der Waals surface area contributed by atoms with E-state index in [1.54, 1.807) is 13.2 Å². The highest BCUT2D eigenvalue weighted by atomic mass is 35.5. The van der Waals surface area contributed by atoms with Crippen LogP contribution >= 0.6 is 12.4 Å². The van der Waals surface area contributed by atoms with Crippen LogP contribution in [0.1, 0.15) is 48.5 Å². The van der Waals surface area contributed by atoms with Gasteiger partial charge in [0.2, 0.25) is 0 Å². The summed E-state index contributed by atoms with van der Waals surface area (Å²) in [6, 6.07) is 7.84. The number of fused-ring (bicyclic) bond motifs is 3. The third-order valence-corrected chi connectivity index (χ3v) is 5.61. The number of hydrogen-bond donors (Lipinski definition) is 2. The summed E-state index contributed by atoms with van der Waals surface area (Å²) in [7, 11) is 1.59. The van der Waals surface area contributed by atoms with Crippen LogP contribution in [0.2, 0.25) is 0 Å². The molecule has 2 aliphatic rings. The summed E-state index contributed by atoms with van der Waals surface area (Å²) in [6.45, 7) is 4.21. The van der Waals surface area contributed by atoms with Crippen molar-refractivity contribution < 1.29 is 19.0 Å². The van der Waals surface area contributed by atoms with Crippen molar-refractivity contribution in [3.63, 3.8) is 0 Å². The largest absolute Gasteiger partial charge is 0.496 e. The second-order valence-corrected chi connectivity index (χ2v) is 7.53. The SMILES string of the molecule is CCCOc1cc(OC)c2c(c1N)C(=O)c1cccc(OCCC3CCCN3)c1-2.Cl. The molecule has 7 heteroatoms. The molecule has 1 atom stereocenters. The monoisotopic (exact) mass is 432 g/mol. The fourth-order valence-corrected chi connectivity index (χ4v) is 4.17. The van der Waals surface area contributed by atoms with Crippen LogP contribution in [0.25, 0.3) is 11.1 Å². The molecule has 4 rings (SSSR count). The molecule has 6 nitrogen and oxygen atoms in total. The molecule has 2 aromatic carbocycles. The first-order chi connectivity index (χ1) is 14.2. The number of nitrogen functional groups attached to an aromatic ring is 1. The van der Waals surface area contributed by atoms with Crippen LogP contribution in [0.15, 0.2) is 24.3 Å². The van der Waals surface area contributed by atoms with Gasteiger partial charge >= 0.3 is 0 Å². The Labute approximate surface area is 183 Å². The van der Waals surface area contributed by atoms with E-state index in [4.69, 9.17) is 19.9 Å². The molecular weight excluding hydrogens is 404 g/mol. The number of hydrogen-bond acceptors (Lipinski definition) is 6. The molecule has 3 N–H and O–H groups in total. The van der Waals surface area contributed by atoms with E-state index in [1.165, 1.54) is 12.8 Å². The highest BCUT2D eigenvalue weighted by Crippen LogP contribution is 2.51. The molecule has 1 unspecified atom stereocenters. The second-order valence-electron chi connectivity index (χ2n) is 7.53. The average molecular weight is 433 g/mol. The topological polar surface area (TPSA) is 82.8 Å². The smallest absolute Gasteiger partial charge is 0.196 e. The Morgan fingerprint density at radius 3 is 2.60 bits per heavy atom. The van der Waals surface area contributed by atoms with Crippen molar-refractivity contribution in [1.29, 1.82) is 0 Å². The van der Waals surface area contributed by atoms with Crippen molar-refractivity contribution in [3.8, 4) is 28.4 Å². The lowest BCUT2D eigenvalue weighted by molar-refractivity contribution is 0.104. The van der Waals surface area contributed by atoms with Gasteiger partial charge in [-0.25, -0.2) is 0 Å². The molecule has 0 amide bonds. The Kier molecular flexibility index (Phi) is 7.10. The molecule has 1 fully saturated rings. The van der Waals surface area contributed by atoms with E-state index in [2.05, 4.69) is 5.32 Å². The number of anilines is 1. The van der Waals surface area contributed by atoms with Gasteiger partial charge in [-0.1, -0.05) is 19.1 Å². The van der Waals surface area contributed by atoms with Crippen LogP contribution in [0.3, 0.4) is 0 Å². The van der Waals surface area contributed by atoms with Crippen LogP contribution in [0.4, 0.5) is 5.69 Å². The fourth-order valence-electron chi connectivity index (χ4n) is 4.17. The summed E-state index contributed by atoms with van der Waals surface area (Å²) in [4.78, 5) is 13.2. The van der Waals surface area contributed by atoms with Crippen molar-refractivity contribution in [3.05, 3.63) is 35.4 Å². The Morgan fingerprint density at radius 1 is 1.10 bits per heavy atom. The molecule has 30 heavy (non-hydrogen) atoms. The molecule has 0 aromatic heterocycles. The lowest BCUT2D eigenvalue weighted by Crippen LogP contribution is -2.23. The van der Waals surface area contributed by atoms with E-state index in [1.807, 2.05) is 25.1 Å². The summed E-state index contributed by atoms with van der Waals surface area (Å²) in [5.41, 5.74) is 9.20. The molecule has 0 radical (unpaired) electrons. The fraction of sp³-hybridized carbons (Fsp3) is 0.435. The standard InChI is InChI=1S/C23H28N2O4.ClH/c1-3-11-28-18-13-17(27-2)20-19-15(23(26)21(20)22(18)24)7-4-8-16(19)29-12-9-14-6-5-10-25-14;/h4,7-8,13-14,25H,3,5-6,9-12,24H2,1-2H3;1H. The van der Waals surface area contributed by atoms with Gasteiger partial charge in [0.25, 0.3) is 0 Å². The zero-order valence-electron chi connectivity index (χ0n) is 17.5. The molecule has 2 aromatic rings. The summed E-state index contributed by atoms with van der Waals surface area (Å²) in [5, 5.41) is 3.48. The number of benzene rings is 2. The normalized spacial score (nSPS) is 16.6.